The smallest absolute Gasteiger partial charge is 0.261 e. The molecule has 0 radical (unpaired) electrons. The minimum absolute atomic E-state index is 0.0282. The zero-order chi connectivity index (χ0) is 23.3. The minimum atomic E-state index is -3.88. The first-order valence-electron chi connectivity index (χ1n) is 9.63. The van der Waals surface area contributed by atoms with E-state index in [-0.39, 0.29) is 28.9 Å². The van der Waals surface area contributed by atoms with E-state index in [1.807, 2.05) is 0 Å². The van der Waals surface area contributed by atoms with Gasteiger partial charge in [0, 0.05) is 37.5 Å². The van der Waals surface area contributed by atoms with Gasteiger partial charge in [0.1, 0.15) is 5.82 Å². The summed E-state index contributed by atoms with van der Waals surface area (Å²) in [6.45, 7) is 0.251. The predicted molar refractivity (Wildman–Crippen MR) is 119 cm³/mol. The number of benzene rings is 3. The summed E-state index contributed by atoms with van der Waals surface area (Å²) >= 11 is 0. The molecule has 0 aliphatic carbocycles. The maximum Gasteiger partial charge on any atom is 0.261 e. The number of hydrogen-bond acceptors (Lipinski definition) is 4. The Morgan fingerprint density at radius 1 is 0.844 bits per heavy atom. The second kappa shape index (κ2) is 9.61. The lowest BCUT2D eigenvalue weighted by atomic mass is 10.1. The van der Waals surface area contributed by atoms with Gasteiger partial charge in [0.15, 0.2) is 0 Å². The summed E-state index contributed by atoms with van der Waals surface area (Å²) in [6, 6.07) is 17.3. The Kier molecular flexibility index (Phi) is 6.89. The zero-order valence-electron chi connectivity index (χ0n) is 17.5. The molecule has 0 saturated heterocycles. The first-order chi connectivity index (χ1) is 15.2. The summed E-state index contributed by atoms with van der Waals surface area (Å²) in [5.74, 6) is -0.945. The first-order valence-corrected chi connectivity index (χ1v) is 11.1. The normalized spacial score (nSPS) is 11.0. The standard InChI is InChI=1S/C23H22FN3O4S/c1-27(2)23(29)18-5-3-16(4-6-18)15-25-22(28)17-7-13-21(14-8-17)32(30,31)26-20-11-9-19(24)10-12-20/h3-14,26H,15H2,1-2H3,(H,25,28). The number of nitrogens with zero attached hydrogens (tertiary/aromatic N) is 1. The fraction of sp³-hybridized carbons (Fsp3) is 0.130. The van der Waals surface area contributed by atoms with Gasteiger partial charge >= 0.3 is 0 Å². The van der Waals surface area contributed by atoms with E-state index in [9.17, 15) is 22.4 Å². The lowest BCUT2D eigenvalue weighted by molar-refractivity contribution is 0.0827. The van der Waals surface area contributed by atoms with E-state index >= 15 is 0 Å². The van der Waals surface area contributed by atoms with Gasteiger partial charge in [0.25, 0.3) is 21.8 Å². The van der Waals surface area contributed by atoms with Crippen molar-refractivity contribution in [2.45, 2.75) is 11.4 Å². The third-order valence-corrected chi connectivity index (χ3v) is 5.98. The van der Waals surface area contributed by atoms with Crippen LogP contribution in [0.4, 0.5) is 10.1 Å². The van der Waals surface area contributed by atoms with Gasteiger partial charge in [-0.05, 0) is 66.2 Å². The van der Waals surface area contributed by atoms with Crippen molar-refractivity contribution in [2.24, 2.45) is 0 Å². The van der Waals surface area contributed by atoms with Crippen LogP contribution < -0.4 is 10.0 Å². The van der Waals surface area contributed by atoms with Crippen LogP contribution in [0.2, 0.25) is 0 Å². The van der Waals surface area contributed by atoms with Crippen LogP contribution in [0.1, 0.15) is 26.3 Å². The number of carbonyl (C=O) groups excluding carboxylic acids is 2. The Balaban J connectivity index is 1.61. The van der Waals surface area contributed by atoms with Crippen LogP contribution in [-0.2, 0) is 16.6 Å². The van der Waals surface area contributed by atoms with Crippen LogP contribution in [0.25, 0.3) is 0 Å². The molecule has 0 aromatic heterocycles. The lowest BCUT2D eigenvalue weighted by Gasteiger charge is -2.11. The van der Waals surface area contributed by atoms with E-state index in [1.165, 1.54) is 41.3 Å². The molecular formula is C23H22FN3O4S. The molecular weight excluding hydrogens is 433 g/mol. The van der Waals surface area contributed by atoms with Crippen molar-refractivity contribution in [3.8, 4) is 0 Å². The zero-order valence-corrected chi connectivity index (χ0v) is 18.3. The number of sulfonamides is 1. The number of amides is 2. The van der Waals surface area contributed by atoms with Gasteiger partial charge in [-0.2, -0.15) is 0 Å². The molecule has 2 amide bonds. The lowest BCUT2D eigenvalue weighted by Crippen LogP contribution is -2.23. The van der Waals surface area contributed by atoms with Crippen LogP contribution in [0.15, 0.2) is 77.7 Å². The summed E-state index contributed by atoms with van der Waals surface area (Å²) in [7, 11) is -0.531. The Bertz CT molecular complexity index is 1210. The molecule has 166 valence electrons. The molecule has 0 saturated carbocycles. The SMILES string of the molecule is CN(C)C(=O)c1ccc(CNC(=O)c2ccc(S(=O)(=O)Nc3ccc(F)cc3)cc2)cc1. The van der Waals surface area contributed by atoms with E-state index in [0.717, 1.165) is 17.7 Å². The number of halogens is 1. The van der Waals surface area contributed by atoms with Gasteiger partial charge in [0.2, 0.25) is 0 Å². The Morgan fingerprint density at radius 2 is 1.41 bits per heavy atom. The van der Waals surface area contributed by atoms with Gasteiger partial charge < -0.3 is 10.2 Å². The molecule has 0 spiro atoms. The van der Waals surface area contributed by atoms with Gasteiger partial charge in [0.05, 0.1) is 4.90 Å². The molecule has 0 aliphatic heterocycles. The number of anilines is 1. The predicted octanol–water partition coefficient (Wildman–Crippen LogP) is 3.26. The molecule has 0 aliphatic rings. The molecule has 7 nitrogen and oxygen atoms in total. The highest BCUT2D eigenvalue weighted by atomic mass is 32.2. The second-order valence-corrected chi connectivity index (χ2v) is 8.90. The second-order valence-electron chi connectivity index (χ2n) is 7.22. The van der Waals surface area contributed by atoms with Crippen LogP contribution in [0, 0.1) is 5.82 Å². The van der Waals surface area contributed by atoms with E-state index in [0.29, 0.717) is 11.1 Å². The summed E-state index contributed by atoms with van der Waals surface area (Å²) in [6.07, 6.45) is 0. The molecule has 0 atom stereocenters. The molecule has 0 bridgehead atoms. The van der Waals surface area contributed by atoms with Gasteiger partial charge in [-0.3, -0.25) is 14.3 Å². The van der Waals surface area contributed by atoms with Crippen molar-refractivity contribution in [3.63, 3.8) is 0 Å². The number of rotatable bonds is 7. The van der Waals surface area contributed by atoms with Crippen LogP contribution in [0.5, 0.6) is 0 Å². The number of nitrogens with one attached hydrogen (secondary N) is 2. The third-order valence-electron chi connectivity index (χ3n) is 4.58. The van der Waals surface area contributed by atoms with E-state index < -0.39 is 15.8 Å². The molecule has 3 aromatic carbocycles. The average molecular weight is 456 g/mol. The van der Waals surface area contributed by atoms with Crippen LogP contribution in [0.3, 0.4) is 0 Å². The highest BCUT2D eigenvalue weighted by Crippen LogP contribution is 2.17. The molecule has 3 aromatic rings. The van der Waals surface area contributed by atoms with E-state index in [4.69, 9.17) is 0 Å². The molecule has 9 heteroatoms. The topological polar surface area (TPSA) is 95.6 Å². The quantitative estimate of drug-likeness (QED) is 0.572. The van der Waals surface area contributed by atoms with Gasteiger partial charge in [-0.15, -0.1) is 0 Å². The van der Waals surface area contributed by atoms with Crippen molar-refractivity contribution in [1.29, 1.82) is 0 Å². The third kappa shape index (κ3) is 5.70. The summed E-state index contributed by atoms with van der Waals surface area (Å²) in [5.41, 5.74) is 1.89. The molecule has 0 fully saturated rings. The van der Waals surface area contributed by atoms with Crippen LogP contribution >= 0.6 is 0 Å². The fourth-order valence-electron chi connectivity index (χ4n) is 2.83. The molecule has 2 N–H and O–H groups in total. The maximum absolute atomic E-state index is 13.0. The maximum atomic E-state index is 13.0. The number of carbonyl (C=O) groups is 2. The fourth-order valence-corrected chi connectivity index (χ4v) is 3.88. The highest BCUT2D eigenvalue weighted by Gasteiger charge is 2.15. The summed E-state index contributed by atoms with van der Waals surface area (Å²) < 4.78 is 40.3. The average Bonchev–Trinajstić information content (AvgIpc) is 2.78. The summed E-state index contributed by atoms with van der Waals surface area (Å²) in [5, 5.41) is 2.76. The number of hydrogen-bond donors (Lipinski definition) is 2. The Hall–Kier alpha value is -3.72. The van der Waals surface area contributed by atoms with E-state index in [2.05, 4.69) is 10.0 Å². The van der Waals surface area contributed by atoms with Crippen molar-refractivity contribution in [1.82, 2.24) is 10.2 Å². The van der Waals surface area contributed by atoms with E-state index in [1.54, 1.807) is 38.4 Å². The monoisotopic (exact) mass is 455 g/mol. The minimum Gasteiger partial charge on any atom is -0.348 e. The largest absolute Gasteiger partial charge is 0.348 e. The van der Waals surface area contributed by atoms with Crippen molar-refractivity contribution in [3.05, 3.63) is 95.3 Å². The van der Waals surface area contributed by atoms with Crippen molar-refractivity contribution in [2.75, 3.05) is 18.8 Å². The first kappa shape index (κ1) is 23.0. The van der Waals surface area contributed by atoms with Crippen molar-refractivity contribution < 1.29 is 22.4 Å². The molecule has 0 unspecified atom stereocenters. The summed E-state index contributed by atoms with van der Waals surface area (Å²) in [4.78, 5) is 25.8. The van der Waals surface area contributed by atoms with Gasteiger partial charge in [-0.25, -0.2) is 12.8 Å². The Labute approximate surface area is 185 Å². The molecule has 32 heavy (non-hydrogen) atoms. The van der Waals surface area contributed by atoms with Crippen molar-refractivity contribution >= 4 is 27.5 Å². The Morgan fingerprint density at radius 3 is 1.97 bits per heavy atom. The molecule has 3 rings (SSSR count). The van der Waals surface area contributed by atoms with Crippen LogP contribution in [-0.4, -0.2) is 39.2 Å². The van der Waals surface area contributed by atoms with Gasteiger partial charge in [-0.1, -0.05) is 12.1 Å². The molecule has 0 heterocycles. The highest BCUT2D eigenvalue weighted by molar-refractivity contribution is 7.92.